The standard InChI is InChI=1S/C25H23N3O3/c1-16-20(13-14-23(30)31)17(2)26-25-24(16)21(29)15-22(27-18-9-5-3-6-10-18)28(25)19-11-7-4-8-12-19/h3-12,15,27H,13-14H2,1-2H3,(H,30,31). The van der Waals surface area contributed by atoms with Crippen LogP contribution in [-0.4, -0.2) is 20.6 Å². The predicted molar refractivity (Wildman–Crippen MR) is 122 cm³/mol. The summed E-state index contributed by atoms with van der Waals surface area (Å²) >= 11 is 0. The van der Waals surface area contributed by atoms with Gasteiger partial charge in [0.05, 0.1) is 5.39 Å². The van der Waals surface area contributed by atoms with E-state index in [4.69, 9.17) is 10.1 Å². The molecule has 6 nitrogen and oxygen atoms in total. The molecule has 0 unspecified atom stereocenters. The maximum Gasteiger partial charge on any atom is 0.303 e. The number of fused-ring (bicyclic) bond motifs is 1. The molecule has 0 saturated carbocycles. The number of carbonyl (C=O) groups is 1. The van der Waals surface area contributed by atoms with Gasteiger partial charge in [-0.15, -0.1) is 0 Å². The first kappa shape index (κ1) is 20.3. The minimum Gasteiger partial charge on any atom is -0.481 e. The second-order valence-electron chi connectivity index (χ2n) is 7.45. The lowest BCUT2D eigenvalue weighted by Gasteiger charge is -2.20. The van der Waals surface area contributed by atoms with Crippen LogP contribution >= 0.6 is 0 Å². The molecule has 0 aliphatic rings. The van der Waals surface area contributed by atoms with Crippen LogP contribution in [0.4, 0.5) is 11.5 Å². The molecule has 0 aliphatic carbocycles. The fraction of sp³-hybridized carbons (Fsp3) is 0.160. The number of para-hydroxylation sites is 2. The lowest BCUT2D eigenvalue weighted by atomic mass is 9.99. The summed E-state index contributed by atoms with van der Waals surface area (Å²) in [4.78, 5) is 29.1. The molecule has 2 heterocycles. The van der Waals surface area contributed by atoms with Gasteiger partial charge >= 0.3 is 5.97 Å². The third-order valence-corrected chi connectivity index (χ3v) is 5.38. The summed E-state index contributed by atoms with van der Waals surface area (Å²) < 4.78 is 1.94. The van der Waals surface area contributed by atoms with Gasteiger partial charge in [-0.3, -0.25) is 14.2 Å². The molecule has 2 N–H and O–H groups in total. The smallest absolute Gasteiger partial charge is 0.303 e. The number of aliphatic carboxylic acids is 1. The van der Waals surface area contributed by atoms with Crippen molar-refractivity contribution < 1.29 is 9.90 Å². The van der Waals surface area contributed by atoms with E-state index in [1.807, 2.05) is 79.1 Å². The number of carboxylic acids is 1. The van der Waals surface area contributed by atoms with E-state index >= 15 is 0 Å². The Morgan fingerprint density at radius 1 is 1.03 bits per heavy atom. The number of carboxylic acid groups (broad SMARTS) is 1. The van der Waals surface area contributed by atoms with Gasteiger partial charge in [0.15, 0.2) is 11.1 Å². The minimum absolute atomic E-state index is 0.00457. The van der Waals surface area contributed by atoms with E-state index in [1.54, 1.807) is 6.07 Å². The molecule has 2 aromatic heterocycles. The number of aromatic nitrogens is 2. The summed E-state index contributed by atoms with van der Waals surface area (Å²) in [5.74, 6) is -0.262. The number of hydrogen-bond donors (Lipinski definition) is 2. The zero-order valence-corrected chi connectivity index (χ0v) is 17.4. The Morgan fingerprint density at radius 2 is 1.68 bits per heavy atom. The predicted octanol–water partition coefficient (Wildman–Crippen LogP) is 4.76. The van der Waals surface area contributed by atoms with Gasteiger partial charge in [0.1, 0.15) is 5.82 Å². The van der Waals surface area contributed by atoms with Crippen molar-refractivity contribution in [2.75, 3.05) is 5.32 Å². The van der Waals surface area contributed by atoms with Crippen LogP contribution in [0, 0.1) is 13.8 Å². The van der Waals surface area contributed by atoms with E-state index in [-0.39, 0.29) is 11.8 Å². The van der Waals surface area contributed by atoms with Gasteiger partial charge < -0.3 is 10.4 Å². The highest BCUT2D eigenvalue weighted by Crippen LogP contribution is 2.28. The van der Waals surface area contributed by atoms with E-state index in [9.17, 15) is 9.59 Å². The van der Waals surface area contributed by atoms with Crippen molar-refractivity contribution in [3.63, 3.8) is 0 Å². The molecule has 4 rings (SSSR count). The largest absolute Gasteiger partial charge is 0.481 e. The maximum atomic E-state index is 13.2. The zero-order valence-electron chi connectivity index (χ0n) is 17.4. The molecular formula is C25H23N3O3. The third kappa shape index (κ3) is 4.05. The van der Waals surface area contributed by atoms with Crippen molar-refractivity contribution in [1.29, 1.82) is 0 Å². The van der Waals surface area contributed by atoms with E-state index in [1.165, 1.54) is 0 Å². The molecule has 2 aromatic carbocycles. The number of rotatable bonds is 6. The third-order valence-electron chi connectivity index (χ3n) is 5.38. The fourth-order valence-electron chi connectivity index (χ4n) is 3.90. The van der Waals surface area contributed by atoms with E-state index in [0.29, 0.717) is 23.3 Å². The van der Waals surface area contributed by atoms with Gasteiger partial charge in [-0.25, -0.2) is 4.98 Å². The summed E-state index contributed by atoms with van der Waals surface area (Å²) in [5, 5.41) is 12.9. The Hall–Kier alpha value is -3.93. The van der Waals surface area contributed by atoms with Crippen LogP contribution in [-0.2, 0) is 11.2 Å². The molecule has 4 aromatic rings. The van der Waals surface area contributed by atoms with Gasteiger partial charge in [-0.1, -0.05) is 36.4 Å². The second-order valence-corrected chi connectivity index (χ2v) is 7.45. The first-order chi connectivity index (χ1) is 15.0. The number of benzene rings is 2. The molecule has 0 spiro atoms. The van der Waals surface area contributed by atoms with E-state index < -0.39 is 5.97 Å². The zero-order chi connectivity index (χ0) is 22.0. The van der Waals surface area contributed by atoms with Crippen molar-refractivity contribution in [3.8, 4) is 5.69 Å². The average molecular weight is 413 g/mol. The highest BCUT2D eigenvalue weighted by Gasteiger charge is 2.18. The first-order valence-electron chi connectivity index (χ1n) is 10.1. The van der Waals surface area contributed by atoms with Crippen molar-refractivity contribution in [2.24, 2.45) is 0 Å². The minimum atomic E-state index is -0.872. The second kappa shape index (κ2) is 8.44. The van der Waals surface area contributed by atoms with Crippen LogP contribution < -0.4 is 10.7 Å². The van der Waals surface area contributed by atoms with Crippen LogP contribution in [0.15, 0.2) is 71.5 Å². The molecular weight excluding hydrogens is 390 g/mol. The van der Waals surface area contributed by atoms with Crippen molar-refractivity contribution in [3.05, 3.63) is 93.8 Å². The Balaban J connectivity index is 2.00. The molecule has 31 heavy (non-hydrogen) atoms. The topological polar surface area (TPSA) is 84.2 Å². The Labute approximate surface area is 179 Å². The number of hydrogen-bond acceptors (Lipinski definition) is 4. The van der Waals surface area contributed by atoms with Crippen molar-refractivity contribution >= 4 is 28.5 Å². The Morgan fingerprint density at radius 3 is 2.32 bits per heavy atom. The summed E-state index contributed by atoms with van der Waals surface area (Å²) in [5.41, 5.74) is 4.45. The molecule has 0 atom stereocenters. The lowest BCUT2D eigenvalue weighted by molar-refractivity contribution is -0.136. The normalized spacial score (nSPS) is 10.9. The molecule has 6 heteroatoms. The highest BCUT2D eigenvalue weighted by atomic mass is 16.4. The number of aryl methyl sites for hydroxylation is 2. The maximum absolute atomic E-state index is 13.2. The number of nitrogens with zero attached hydrogens (tertiary/aromatic N) is 2. The van der Waals surface area contributed by atoms with Gasteiger partial charge in [-0.05, 0) is 55.7 Å². The molecule has 0 aliphatic heterocycles. The van der Waals surface area contributed by atoms with Crippen molar-refractivity contribution in [1.82, 2.24) is 9.55 Å². The molecule has 0 fully saturated rings. The van der Waals surface area contributed by atoms with Crippen LogP contribution in [0.1, 0.15) is 23.2 Å². The Kier molecular flexibility index (Phi) is 5.54. The van der Waals surface area contributed by atoms with Gasteiger partial charge in [-0.2, -0.15) is 0 Å². The molecule has 0 radical (unpaired) electrons. The SMILES string of the molecule is Cc1nc2c(c(C)c1CCC(=O)O)c(=O)cc(Nc1ccccc1)n2-c1ccccc1. The van der Waals surface area contributed by atoms with Crippen LogP contribution in [0.5, 0.6) is 0 Å². The molecule has 0 saturated heterocycles. The van der Waals surface area contributed by atoms with Gasteiger partial charge in [0.2, 0.25) is 0 Å². The summed E-state index contributed by atoms with van der Waals surface area (Å²) in [6.07, 6.45) is 0.333. The summed E-state index contributed by atoms with van der Waals surface area (Å²) in [7, 11) is 0. The summed E-state index contributed by atoms with van der Waals surface area (Å²) in [6.45, 7) is 3.73. The van der Waals surface area contributed by atoms with Gasteiger partial charge in [0.25, 0.3) is 0 Å². The average Bonchev–Trinajstić information content (AvgIpc) is 2.74. The molecule has 0 bridgehead atoms. The monoisotopic (exact) mass is 413 g/mol. The molecule has 156 valence electrons. The number of anilines is 2. The Bertz CT molecular complexity index is 1310. The van der Waals surface area contributed by atoms with Crippen molar-refractivity contribution in [2.45, 2.75) is 26.7 Å². The quantitative estimate of drug-likeness (QED) is 0.476. The fourth-order valence-corrected chi connectivity index (χ4v) is 3.90. The lowest BCUT2D eigenvalue weighted by Crippen LogP contribution is -2.16. The van der Waals surface area contributed by atoms with Gasteiger partial charge in [0, 0.05) is 29.6 Å². The molecule has 0 amide bonds. The number of pyridine rings is 2. The first-order valence-corrected chi connectivity index (χ1v) is 10.1. The van der Waals surface area contributed by atoms with E-state index in [0.717, 1.165) is 28.2 Å². The van der Waals surface area contributed by atoms with E-state index in [2.05, 4.69) is 5.32 Å². The van der Waals surface area contributed by atoms with Crippen LogP contribution in [0.3, 0.4) is 0 Å². The number of nitrogens with one attached hydrogen (secondary N) is 1. The van der Waals surface area contributed by atoms with Crippen LogP contribution in [0.25, 0.3) is 16.7 Å². The van der Waals surface area contributed by atoms with Crippen LogP contribution in [0.2, 0.25) is 0 Å². The summed E-state index contributed by atoms with van der Waals surface area (Å²) in [6, 6.07) is 21.0. The highest BCUT2D eigenvalue weighted by molar-refractivity contribution is 5.85.